The van der Waals surface area contributed by atoms with Crippen molar-refractivity contribution in [3.63, 3.8) is 0 Å². The second-order valence-corrected chi connectivity index (χ2v) is 8.89. The van der Waals surface area contributed by atoms with Gasteiger partial charge in [-0.15, -0.1) is 0 Å². The lowest BCUT2D eigenvalue weighted by atomic mass is 10.2. The lowest BCUT2D eigenvalue weighted by molar-refractivity contribution is 0.414. The molecule has 0 unspecified atom stereocenters. The minimum absolute atomic E-state index is 0.0800. The summed E-state index contributed by atoms with van der Waals surface area (Å²) in [5.41, 5.74) is 1.62. The zero-order valence-corrected chi connectivity index (χ0v) is 16.4. The number of hydrogen-bond acceptors (Lipinski definition) is 5. The number of nitrogens with zero attached hydrogens (tertiary/aromatic N) is 2. The number of sulfonamides is 1. The number of rotatable bonds is 6. The largest absolute Gasteiger partial charge is 0.497 e. The highest BCUT2D eigenvalue weighted by Crippen LogP contribution is 2.24. The smallest absolute Gasteiger partial charge is 0.308 e. The summed E-state index contributed by atoms with van der Waals surface area (Å²) in [7, 11) is -0.527. The van der Waals surface area contributed by atoms with Gasteiger partial charge in [-0.25, -0.2) is 8.42 Å². The van der Waals surface area contributed by atoms with Gasteiger partial charge in [0.05, 0.1) is 22.2 Å². The van der Waals surface area contributed by atoms with E-state index in [9.17, 15) is 13.2 Å². The summed E-state index contributed by atoms with van der Waals surface area (Å²) in [6.07, 6.45) is 0. The van der Waals surface area contributed by atoms with Crippen LogP contribution in [-0.4, -0.2) is 31.4 Å². The fourth-order valence-electron chi connectivity index (χ4n) is 2.76. The molecule has 6 nitrogen and oxygen atoms in total. The van der Waals surface area contributed by atoms with Crippen LogP contribution < -0.4 is 9.61 Å². The van der Waals surface area contributed by atoms with Crippen LogP contribution in [0.25, 0.3) is 10.2 Å². The Balaban J connectivity index is 1.90. The SMILES string of the molecule is CCn1c(=O)sc2cc(S(=O)(=O)N(C)Cc3ccc(OC)cc3)ccc21. The molecule has 26 heavy (non-hydrogen) atoms. The minimum Gasteiger partial charge on any atom is -0.497 e. The fourth-order valence-corrected chi connectivity index (χ4v) is 5.01. The molecule has 0 aliphatic carbocycles. The maximum Gasteiger partial charge on any atom is 0.308 e. The van der Waals surface area contributed by atoms with Crippen LogP contribution in [0.2, 0.25) is 0 Å². The van der Waals surface area contributed by atoms with Crippen molar-refractivity contribution in [2.24, 2.45) is 0 Å². The van der Waals surface area contributed by atoms with Gasteiger partial charge < -0.3 is 4.74 Å². The van der Waals surface area contributed by atoms with Crippen molar-refractivity contribution in [2.75, 3.05) is 14.2 Å². The Morgan fingerprint density at radius 3 is 2.46 bits per heavy atom. The Morgan fingerprint density at radius 1 is 1.15 bits per heavy atom. The minimum atomic E-state index is -3.66. The van der Waals surface area contributed by atoms with Gasteiger partial charge >= 0.3 is 4.87 Å². The summed E-state index contributed by atoms with van der Waals surface area (Å²) in [6, 6.07) is 12.1. The lowest BCUT2D eigenvalue weighted by Gasteiger charge is -2.17. The molecule has 1 heterocycles. The van der Waals surface area contributed by atoms with Gasteiger partial charge in [0.2, 0.25) is 10.0 Å². The molecule has 0 aliphatic rings. The molecule has 0 saturated heterocycles. The van der Waals surface area contributed by atoms with E-state index < -0.39 is 10.0 Å². The zero-order chi connectivity index (χ0) is 18.9. The van der Waals surface area contributed by atoms with Crippen LogP contribution in [0.1, 0.15) is 12.5 Å². The first-order valence-corrected chi connectivity index (χ1v) is 10.3. The first kappa shape index (κ1) is 18.6. The molecule has 0 atom stereocenters. The number of methoxy groups -OCH3 is 1. The molecule has 0 amide bonds. The van der Waals surface area contributed by atoms with Crippen molar-refractivity contribution < 1.29 is 13.2 Å². The van der Waals surface area contributed by atoms with E-state index in [4.69, 9.17) is 4.74 Å². The predicted octanol–water partition coefficient (Wildman–Crippen LogP) is 2.91. The number of hydrogen-bond donors (Lipinski definition) is 0. The molecular weight excluding hydrogens is 372 g/mol. The Hall–Kier alpha value is -2.16. The summed E-state index contributed by atoms with van der Waals surface area (Å²) >= 11 is 1.06. The van der Waals surface area contributed by atoms with Gasteiger partial charge in [-0.2, -0.15) is 4.31 Å². The van der Waals surface area contributed by atoms with Crippen molar-refractivity contribution in [1.29, 1.82) is 0 Å². The molecule has 2 aromatic carbocycles. The van der Waals surface area contributed by atoms with Gasteiger partial charge in [-0.05, 0) is 42.8 Å². The molecule has 0 N–H and O–H groups in total. The van der Waals surface area contributed by atoms with Gasteiger partial charge in [-0.1, -0.05) is 23.5 Å². The summed E-state index contributed by atoms with van der Waals surface area (Å²) in [5, 5.41) is 0. The average molecular weight is 393 g/mol. The third-order valence-electron chi connectivity index (χ3n) is 4.23. The van der Waals surface area contributed by atoms with Gasteiger partial charge in [0.1, 0.15) is 5.75 Å². The van der Waals surface area contributed by atoms with E-state index in [1.165, 1.54) is 4.31 Å². The summed E-state index contributed by atoms with van der Waals surface area (Å²) < 4.78 is 34.5. The number of benzene rings is 2. The van der Waals surface area contributed by atoms with Gasteiger partial charge in [0, 0.05) is 20.1 Å². The first-order valence-electron chi connectivity index (χ1n) is 8.09. The normalized spacial score (nSPS) is 12.0. The summed E-state index contributed by atoms with van der Waals surface area (Å²) in [5.74, 6) is 0.722. The van der Waals surface area contributed by atoms with Crippen LogP contribution in [0.15, 0.2) is 52.2 Å². The highest BCUT2D eigenvalue weighted by atomic mass is 32.2. The van der Waals surface area contributed by atoms with E-state index in [2.05, 4.69) is 0 Å². The molecule has 3 aromatic rings. The standard InChI is InChI=1S/C18H20N2O4S2/c1-4-20-16-10-9-15(11-17(16)25-18(20)21)26(22,23)19(2)12-13-5-7-14(24-3)8-6-13/h5-11H,4,12H2,1-3H3. The molecule has 0 bridgehead atoms. The third-order valence-corrected chi connectivity index (χ3v) is 6.97. The quantitative estimate of drug-likeness (QED) is 0.647. The molecule has 0 aliphatic heterocycles. The van der Waals surface area contributed by atoms with Crippen molar-refractivity contribution in [1.82, 2.24) is 8.87 Å². The predicted molar refractivity (Wildman–Crippen MR) is 103 cm³/mol. The number of ether oxygens (including phenoxy) is 1. The second-order valence-electron chi connectivity index (χ2n) is 5.85. The lowest BCUT2D eigenvalue weighted by Crippen LogP contribution is -2.26. The van der Waals surface area contributed by atoms with E-state index in [-0.39, 0.29) is 16.3 Å². The Labute approximate surface area is 156 Å². The Kier molecular flexibility index (Phi) is 5.17. The van der Waals surface area contributed by atoms with E-state index in [0.29, 0.717) is 11.2 Å². The molecular formula is C18H20N2O4S2. The number of aromatic nitrogens is 1. The second kappa shape index (κ2) is 7.22. The molecule has 0 radical (unpaired) electrons. The van der Waals surface area contributed by atoms with E-state index >= 15 is 0 Å². The summed E-state index contributed by atoms with van der Waals surface area (Å²) in [6.45, 7) is 2.69. The van der Waals surface area contributed by atoms with Crippen LogP contribution in [0, 0.1) is 0 Å². The third kappa shape index (κ3) is 3.40. The molecule has 8 heteroatoms. The highest BCUT2D eigenvalue weighted by Gasteiger charge is 2.22. The molecule has 3 rings (SSSR count). The molecule has 0 spiro atoms. The van der Waals surface area contributed by atoms with Crippen molar-refractivity contribution in [3.05, 3.63) is 57.7 Å². The number of fused-ring (bicyclic) bond motifs is 1. The van der Waals surface area contributed by atoms with Crippen LogP contribution >= 0.6 is 11.3 Å². The van der Waals surface area contributed by atoms with Crippen LogP contribution in [0.3, 0.4) is 0 Å². The number of aryl methyl sites for hydroxylation is 1. The average Bonchev–Trinajstić information content (AvgIpc) is 2.96. The highest BCUT2D eigenvalue weighted by molar-refractivity contribution is 7.89. The topological polar surface area (TPSA) is 68.6 Å². The maximum absolute atomic E-state index is 12.9. The van der Waals surface area contributed by atoms with Gasteiger partial charge in [0.25, 0.3) is 0 Å². The monoisotopic (exact) mass is 392 g/mol. The first-order chi connectivity index (χ1) is 12.4. The molecule has 138 valence electrons. The Bertz CT molecular complexity index is 1080. The van der Waals surface area contributed by atoms with Gasteiger partial charge in [-0.3, -0.25) is 9.36 Å². The molecule has 0 saturated carbocycles. The van der Waals surface area contributed by atoms with Crippen LogP contribution in [0.4, 0.5) is 0 Å². The number of thiazole rings is 1. The van der Waals surface area contributed by atoms with Crippen molar-refractivity contribution in [2.45, 2.75) is 24.9 Å². The molecule has 1 aromatic heterocycles. The fraction of sp³-hybridized carbons (Fsp3) is 0.278. The van der Waals surface area contributed by atoms with E-state index in [1.54, 1.807) is 49.1 Å². The van der Waals surface area contributed by atoms with Crippen LogP contribution in [-0.2, 0) is 23.1 Å². The van der Waals surface area contributed by atoms with E-state index in [1.807, 2.05) is 19.1 Å². The van der Waals surface area contributed by atoms with E-state index in [0.717, 1.165) is 28.2 Å². The van der Waals surface area contributed by atoms with Crippen molar-refractivity contribution >= 4 is 31.6 Å². The maximum atomic E-state index is 12.9. The zero-order valence-electron chi connectivity index (χ0n) is 14.8. The molecule has 0 fully saturated rings. The Morgan fingerprint density at radius 2 is 1.85 bits per heavy atom. The van der Waals surface area contributed by atoms with Gasteiger partial charge in [0.15, 0.2) is 0 Å². The summed E-state index contributed by atoms with van der Waals surface area (Å²) in [4.78, 5) is 12.1. The van der Waals surface area contributed by atoms with Crippen LogP contribution in [0.5, 0.6) is 5.75 Å². The van der Waals surface area contributed by atoms with Crippen molar-refractivity contribution in [3.8, 4) is 5.75 Å².